The molecule has 1 aliphatic rings. The molecule has 5 heteroatoms. The van der Waals surface area contributed by atoms with Crippen LogP contribution in [0, 0.1) is 5.92 Å². The number of rotatable bonds is 3. The van der Waals surface area contributed by atoms with Crippen molar-refractivity contribution >= 4 is 22.4 Å². The van der Waals surface area contributed by atoms with E-state index >= 15 is 0 Å². The van der Waals surface area contributed by atoms with E-state index in [0.717, 1.165) is 24.2 Å². The molecule has 0 saturated heterocycles. The molecule has 1 fully saturated rings. The van der Waals surface area contributed by atoms with Gasteiger partial charge in [0.2, 0.25) is 5.91 Å². The number of amides is 1. The lowest BCUT2D eigenvalue weighted by Gasteiger charge is -2.23. The summed E-state index contributed by atoms with van der Waals surface area (Å²) in [6, 6.07) is 3.90. The van der Waals surface area contributed by atoms with Gasteiger partial charge in [0.15, 0.2) is 5.13 Å². The standard InChI is InChI=1S/C12H13N3OS/c16-11(8-3-1-4-8)15-12-14-10(7-17-12)9-5-2-6-13-9/h2,5-8,13H,1,3-4H2,(H,14,15,16). The Bertz CT molecular complexity index is 514. The first-order chi connectivity index (χ1) is 8.33. The van der Waals surface area contributed by atoms with E-state index in [2.05, 4.69) is 15.3 Å². The van der Waals surface area contributed by atoms with Gasteiger partial charge >= 0.3 is 0 Å². The van der Waals surface area contributed by atoms with Gasteiger partial charge in [0.1, 0.15) is 0 Å². The van der Waals surface area contributed by atoms with E-state index in [1.807, 2.05) is 23.7 Å². The zero-order valence-corrected chi connectivity index (χ0v) is 10.1. The van der Waals surface area contributed by atoms with E-state index < -0.39 is 0 Å². The second kappa shape index (κ2) is 4.33. The SMILES string of the molecule is O=C(Nc1nc(-c2ccc[nH]2)cs1)C1CCC1. The normalized spacial score (nSPS) is 15.5. The van der Waals surface area contributed by atoms with Crippen molar-refractivity contribution in [3.05, 3.63) is 23.7 Å². The molecule has 0 aliphatic heterocycles. The average molecular weight is 247 g/mol. The number of nitrogens with one attached hydrogen (secondary N) is 2. The molecule has 0 unspecified atom stereocenters. The Hall–Kier alpha value is -1.62. The first-order valence-corrected chi connectivity index (χ1v) is 6.61. The van der Waals surface area contributed by atoms with Crippen LogP contribution in [-0.2, 0) is 4.79 Å². The minimum atomic E-state index is 0.114. The van der Waals surface area contributed by atoms with Crippen molar-refractivity contribution in [2.45, 2.75) is 19.3 Å². The van der Waals surface area contributed by atoms with Crippen LogP contribution in [0.25, 0.3) is 11.4 Å². The molecule has 1 amide bonds. The van der Waals surface area contributed by atoms with Gasteiger partial charge < -0.3 is 10.3 Å². The summed E-state index contributed by atoms with van der Waals surface area (Å²) in [4.78, 5) is 19.2. The van der Waals surface area contributed by atoms with Gasteiger partial charge in [-0.15, -0.1) is 11.3 Å². The molecule has 0 radical (unpaired) electrons. The van der Waals surface area contributed by atoms with Crippen LogP contribution in [0.4, 0.5) is 5.13 Å². The Labute approximate surface area is 103 Å². The third-order valence-corrected chi connectivity index (χ3v) is 3.84. The van der Waals surface area contributed by atoms with Crippen molar-refractivity contribution in [2.24, 2.45) is 5.92 Å². The van der Waals surface area contributed by atoms with Gasteiger partial charge in [-0.1, -0.05) is 6.42 Å². The molecular weight excluding hydrogens is 234 g/mol. The molecule has 0 spiro atoms. The van der Waals surface area contributed by atoms with Crippen LogP contribution in [0.1, 0.15) is 19.3 Å². The van der Waals surface area contributed by atoms with Crippen LogP contribution < -0.4 is 5.32 Å². The summed E-state index contributed by atoms with van der Waals surface area (Å²) >= 11 is 1.47. The van der Waals surface area contributed by atoms with Crippen molar-refractivity contribution in [1.29, 1.82) is 0 Å². The molecule has 3 rings (SSSR count). The minimum Gasteiger partial charge on any atom is -0.360 e. The summed E-state index contributed by atoms with van der Waals surface area (Å²) < 4.78 is 0. The summed E-state index contributed by atoms with van der Waals surface area (Å²) in [6.45, 7) is 0. The first-order valence-electron chi connectivity index (χ1n) is 5.73. The molecule has 2 N–H and O–H groups in total. The second-order valence-corrected chi connectivity index (χ2v) is 5.10. The Kier molecular flexibility index (Phi) is 2.68. The first kappa shape index (κ1) is 10.5. The second-order valence-electron chi connectivity index (χ2n) is 4.24. The smallest absolute Gasteiger partial charge is 0.229 e. The zero-order valence-electron chi connectivity index (χ0n) is 9.27. The van der Waals surface area contributed by atoms with Crippen LogP contribution in [0.2, 0.25) is 0 Å². The van der Waals surface area contributed by atoms with E-state index in [9.17, 15) is 4.79 Å². The number of carbonyl (C=O) groups is 1. The van der Waals surface area contributed by atoms with E-state index in [0.29, 0.717) is 5.13 Å². The number of hydrogen-bond donors (Lipinski definition) is 2. The monoisotopic (exact) mass is 247 g/mol. The molecule has 0 aromatic carbocycles. The van der Waals surface area contributed by atoms with Crippen molar-refractivity contribution in [3.63, 3.8) is 0 Å². The average Bonchev–Trinajstić information content (AvgIpc) is 2.82. The number of thiazole rings is 1. The largest absolute Gasteiger partial charge is 0.360 e. The van der Waals surface area contributed by atoms with Crippen molar-refractivity contribution < 1.29 is 4.79 Å². The highest BCUT2D eigenvalue weighted by molar-refractivity contribution is 7.14. The van der Waals surface area contributed by atoms with Crippen LogP contribution in [0.15, 0.2) is 23.7 Å². The molecule has 0 atom stereocenters. The maximum atomic E-state index is 11.7. The number of hydrogen-bond acceptors (Lipinski definition) is 3. The molecule has 2 heterocycles. The molecule has 0 bridgehead atoms. The minimum absolute atomic E-state index is 0.114. The number of anilines is 1. The maximum Gasteiger partial charge on any atom is 0.229 e. The Morgan fingerprint density at radius 2 is 2.41 bits per heavy atom. The van der Waals surface area contributed by atoms with Crippen LogP contribution in [0.3, 0.4) is 0 Å². The van der Waals surface area contributed by atoms with Gasteiger partial charge in [-0.05, 0) is 25.0 Å². The Morgan fingerprint density at radius 3 is 3.06 bits per heavy atom. The molecule has 17 heavy (non-hydrogen) atoms. The van der Waals surface area contributed by atoms with Gasteiger partial charge in [0, 0.05) is 17.5 Å². The number of aromatic nitrogens is 2. The zero-order chi connectivity index (χ0) is 11.7. The van der Waals surface area contributed by atoms with E-state index in [1.165, 1.54) is 17.8 Å². The van der Waals surface area contributed by atoms with Gasteiger partial charge in [0.05, 0.1) is 11.4 Å². The van der Waals surface area contributed by atoms with Gasteiger partial charge in [-0.3, -0.25) is 4.79 Å². The van der Waals surface area contributed by atoms with Gasteiger partial charge in [0.25, 0.3) is 0 Å². The molecule has 1 saturated carbocycles. The molecule has 2 aromatic rings. The van der Waals surface area contributed by atoms with Crippen LogP contribution in [-0.4, -0.2) is 15.9 Å². The Morgan fingerprint density at radius 1 is 1.53 bits per heavy atom. The predicted molar refractivity (Wildman–Crippen MR) is 67.9 cm³/mol. The number of H-pyrrole nitrogens is 1. The fourth-order valence-electron chi connectivity index (χ4n) is 1.82. The maximum absolute atomic E-state index is 11.7. The molecule has 88 valence electrons. The Balaban J connectivity index is 1.70. The van der Waals surface area contributed by atoms with Crippen molar-refractivity contribution in [2.75, 3.05) is 5.32 Å². The highest BCUT2D eigenvalue weighted by Crippen LogP contribution is 2.29. The summed E-state index contributed by atoms with van der Waals surface area (Å²) in [5.41, 5.74) is 1.86. The molecule has 2 aromatic heterocycles. The lowest BCUT2D eigenvalue weighted by molar-refractivity contribution is -0.122. The summed E-state index contributed by atoms with van der Waals surface area (Å²) in [7, 11) is 0. The third kappa shape index (κ3) is 2.10. The fraction of sp³-hybridized carbons (Fsp3) is 0.333. The van der Waals surface area contributed by atoms with E-state index in [-0.39, 0.29) is 11.8 Å². The lowest BCUT2D eigenvalue weighted by atomic mass is 9.85. The number of nitrogens with zero attached hydrogens (tertiary/aromatic N) is 1. The molecular formula is C12H13N3OS. The van der Waals surface area contributed by atoms with Crippen molar-refractivity contribution in [3.8, 4) is 11.4 Å². The number of carbonyl (C=O) groups excluding carboxylic acids is 1. The summed E-state index contributed by atoms with van der Waals surface area (Å²) in [5, 5.41) is 5.51. The highest BCUT2D eigenvalue weighted by Gasteiger charge is 2.25. The number of aromatic amines is 1. The predicted octanol–water partition coefficient (Wildman–Crippen LogP) is 2.88. The highest BCUT2D eigenvalue weighted by atomic mass is 32.1. The third-order valence-electron chi connectivity index (χ3n) is 3.08. The lowest BCUT2D eigenvalue weighted by Crippen LogP contribution is -2.27. The van der Waals surface area contributed by atoms with Gasteiger partial charge in [-0.2, -0.15) is 0 Å². The topological polar surface area (TPSA) is 57.8 Å². The quantitative estimate of drug-likeness (QED) is 0.876. The molecule has 4 nitrogen and oxygen atoms in total. The van der Waals surface area contributed by atoms with Crippen LogP contribution in [0.5, 0.6) is 0 Å². The van der Waals surface area contributed by atoms with Crippen molar-refractivity contribution in [1.82, 2.24) is 9.97 Å². The molecule has 1 aliphatic carbocycles. The van der Waals surface area contributed by atoms with Crippen LogP contribution >= 0.6 is 11.3 Å². The fourth-order valence-corrected chi connectivity index (χ4v) is 2.54. The summed E-state index contributed by atoms with van der Waals surface area (Å²) in [5.74, 6) is 0.316. The van der Waals surface area contributed by atoms with Gasteiger partial charge in [-0.25, -0.2) is 4.98 Å². The van der Waals surface area contributed by atoms with E-state index in [4.69, 9.17) is 0 Å². The summed E-state index contributed by atoms with van der Waals surface area (Å²) in [6.07, 6.45) is 5.06. The van der Waals surface area contributed by atoms with E-state index in [1.54, 1.807) is 0 Å².